The highest BCUT2D eigenvalue weighted by atomic mass is 19.1. The number of nitrogens with zero attached hydrogens (tertiary/aromatic N) is 2. The molecule has 0 spiro atoms. The monoisotopic (exact) mass is 639 g/mol. The van der Waals surface area contributed by atoms with E-state index in [1.54, 1.807) is 35.2 Å². The lowest BCUT2D eigenvalue weighted by Crippen LogP contribution is -2.49. The number of carbonyl (C=O) groups excluding carboxylic acids is 2. The third kappa shape index (κ3) is 8.75. The molecule has 4 aromatic rings. The van der Waals surface area contributed by atoms with Crippen LogP contribution in [-0.4, -0.2) is 65.6 Å². The number of carbonyl (C=O) groups is 2. The van der Waals surface area contributed by atoms with Crippen molar-refractivity contribution in [2.75, 3.05) is 32.1 Å². The first-order chi connectivity index (χ1) is 22.6. The van der Waals surface area contributed by atoms with E-state index in [0.717, 1.165) is 17.1 Å². The Morgan fingerprint density at radius 3 is 2.32 bits per heavy atom. The van der Waals surface area contributed by atoms with Gasteiger partial charge in [-0.15, -0.1) is 0 Å². The standard InChI is InChI=1S/C38H42FN3O5/c1-25-8-16-31(17-9-25)46-32-18-12-29(13-19-32)22-41(4)23-35-26(2)21-42(27(3)24-43)38(45)33-6-5-7-34(37(33)47-35)40-36(44)20-28-10-14-30(39)15-11-28/h5-19,26-27,35,43H,20-24H2,1-4H3,(H,40,44)/t26-,27?,35-/m1/s1. The molecule has 0 radical (unpaired) electrons. The van der Waals surface area contributed by atoms with Crippen LogP contribution in [0.2, 0.25) is 0 Å². The molecule has 0 aromatic heterocycles. The Morgan fingerprint density at radius 1 is 1.02 bits per heavy atom. The minimum absolute atomic E-state index is 0.0307. The van der Waals surface area contributed by atoms with Crippen molar-refractivity contribution in [1.82, 2.24) is 9.80 Å². The van der Waals surface area contributed by atoms with Crippen molar-refractivity contribution < 1.29 is 28.6 Å². The molecule has 246 valence electrons. The Hall–Kier alpha value is -4.73. The minimum atomic E-state index is -0.411. The number of benzene rings is 4. The number of hydrogen-bond acceptors (Lipinski definition) is 6. The van der Waals surface area contributed by atoms with E-state index in [1.165, 1.54) is 17.7 Å². The van der Waals surface area contributed by atoms with Crippen molar-refractivity contribution in [3.8, 4) is 17.2 Å². The summed E-state index contributed by atoms with van der Waals surface area (Å²) in [5.41, 5.74) is 3.62. The first-order valence-corrected chi connectivity index (χ1v) is 15.9. The number of halogens is 1. The van der Waals surface area contributed by atoms with Crippen LogP contribution in [0.25, 0.3) is 0 Å². The molecule has 3 atom stereocenters. The van der Waals surface area contributed by atoms with Crippen LogP contribution in [0.3, 0.4) is 0 Å². The fraction of sp³-hybridized carbons (Fsp3) is 0.316. The quantitative estimate of drug-likeness (QED) is 0.196. The Balaban J connectivity index is 1.33. The number of aliphatic hydroxyl groups excluding tert-OH is 1. The van der Waals surface area contributed by atoms with Crippen molar-refractivity contribution in [1.29, 1.82) is 0 Å². The Morgan fingerprint density at radius 2 is 1.66 bits per heavy atom. The maximum atomic E-state index is 13.8. The molecular weight excluding hydrogens is 597 g/mol. The van der Waals surface area contributed by atoms with Crippen molar-refractivity contribution in [3.63, 3.8) is 0 Å². The van der Waals surface area contributed by atoms with E-state index >= 15 is 0 Å². The minimum Gasteiger partial charge on any atom is -0.486 e. The second-order valence-electron chi connectivity index (χ2n) is 12.4. The van der Waals surface area contributed by atoms with E-state index in [9.17, 15) is 19.1 Å². The molecule has 1 aliphatic heterocycles. The number of likely N-dealkylation sites (N-methyl/N-ethyl adjacent to an activating group) is 1. The summed E-state index contributed by atoms with van der Waals surface area (Å²) in [6, 6.07) is 26.4. The van der Waals surface area contributed by atoms with Crippen LogP contribution >= 0.6 is 0 Å². The number of nitrogens with one attached hydrogen (secondary N) is 1. The summed E-state index contributed by atoms with van der Waals surface area (Å²) >= 11 is 0. The first-order valence-electron chi connectivity index (χ1n) is 15.9. The van der Waals surface area contributed by atoms with Crippen LogP contribution in [0.5, 0.6) is 17.2 Å². The maximum absolute atomic E-state index is 13.8. The SMILES string of the molecule is Cc1ccc(Oc2ccc(CN(C)C[C@H]3Oc4c(NC(=O)Cc5ccc(F)cc5)cccc4C(=O)N(C(C)CO)C[C@H]3C)cc2)cc1. The Labute approximate surface area is 275 Å². The number of hydrogen-bond donors (Lipinski definition) is 2. The van der Waals surface area contributed by atoms with Crippen LogP contribution in [0.1, 0.15) is 40.9 Å². The van der Waals surface area contributed by atoms with Gasteiger partial charge in [0.1, 0.15) is 23.4 Å². The summed E-state index contributed by atoms with van der Waals surface area (Å²) in [5.74, 6) is 0.764. The molecule has 1 heterocycles. The highest BCUT2D eigenvalue weighted by Gasteiger charge is 2.34. The Bertz CT molecular complexity index is 1660. The number of anilines is 1. The van der Waals surface area contributed by atoms with Gasteiger partial charge in [0, 0.05) is 25.6 Å². The van der Waals surface area contributed by atoms with Gasteiger partial charge >= 0.3 is 0 Å². The van der Waals surface area contributed by atoms with Crippen LogP contribution in [0.4, 0.5) is 10.1 Å². The molecule has 0 fully saturated rings. The molecule has 8 nitrogen and oxygen atoms in total. The third-order valence-corrected chi connectivity index (χ3v) is 8.37. The van der Waals surface area contributed by atoms with Gasteiger partial charge in [0.2, 0.25) is 5.91 Å². The van der Waals surface area contributed by atoms with Gasteiger partial charge < -0.3 is 24.8 Å². The summed E-state index contributed by atoms with van der Waals surface area (Å²) < 4.78 is 26.0. The van der Waals surface area contributed by atoms with Gasteiger partial charge in [0.25, 0.3) is 5.91 Å². The molecule has 5 rings (SSSR count). The molecule has 9 heteroatoms. The first kappa shape index (κ1) is 33.6. The summed E-state index contributed by atoms with van der Waals surface area (Å²) in [7, 11) is 2.02. The molecule has 1 unspecified atom stereocenters. The summed E-state index contributed by atoms with van der Waals surface area (Å²) in [6.07, 6.45) is -0.317. The molecule has 0 saturated carbocycles. The van der Waals surface area contributed by atoms with E-state index in [0.29, 0.717) is 42.2 Å². The number of amides is 2. The largest absolute Gasteiger partial charge is 0.486 e. The number of para-hydroxylation sites is 1. The average molecular weight is 640 g/mol. The number of aryl methyl sites for hydroxylation is 1. The summed E-state index contributed by atoms with van der Waals surface area (Å²) in [6.45, 7) is 7.28. The highest BCUT2D eigenvalue weighted by Crippen LogP contribution is 2.35. The number of fused-ring (bicyclic) bond motifs is 1. The van der Waals surface area contributed by atoms with E-state index in [4.69, 9.17) is 9.47 Å². The number of aliphatic hydroxyl groups is 1. The van der Waals surface area contributed by atoms with E-state index in [1.807, 2.05) is 76.3 Å². The van der Waals surface area contributed by atoms with Crippen molar-refractivity contribution >= 4 is 17.5 Å². The second kappa shape index (κ2) is 15.2. The average Bonchev–Trinajstić information content (AvgIpc) is 3.05. The molecule has 2 amide bonds. The van der Waals surface area contributed by atoms with Gasteiger partial charge in [-0.1, -0.05) is 55.0 Å². The Kier molecular flexibility index (Phi) is 10.9. The third-order valence-electron chi connectivity index (χ3n) is 8.37. The number of ether oxygens (including phenoxy) is 2. The molecule has 1 aliphatic rings. The number of rotatable bonds is 11. The normalized spacial score (nSPS) is 16.9. The van der Waals surface area contributed by atoms with Crippen LogP contribution < -0.4 is 14.8 Å². The van der Waals surface area contributed by atoms with E-state index in [2.05, 4.69) is 10.2 Å². The highest BCUT2D eigenvalue weighted by molar-refractivity contribution is 6.02. The molecule has 0 aliphatic carbocycles. The van der Waals surface area contributed by atoms with Crippen LogP contribution in [0.15, 0.2) is 91.0 Å². The van der Waals surface area contributed by atoms with Gasteiger partial charge in [-0.05, 0) is 80.6 Å². The molecule has 0 saturated heterocycles. The van der Waals surface area contributed by atoms with E-state index in [-0.39, 0.29) is 42.7 Å². The van der Waals surface area contributed by atoms with Crippen LogP contribution in [-0.2, 0) is 17.8 Å². The predicted molar refractivity (Wildman–Crippen MR) is 180 cm³/mol. The molecule has 4 aromatic carbocycles. The summed E-state index contributed by atoms with van der Waals surface area (Å²) in [4.78, 5) is 30.7. The van der Waals surface area contributed by atoms with Gasteiger partial charge in [-0.3, -0.25) is 14.5 Å². The second-order valence-corrected chi connectivity index (χ2v) is 12.4. The maximum Gasteiger partial charge on any atom is 0.258 e. The lowest BCUT2D eigenvalue weighted by atomic mass is 9.98. The lowest BCUT2D eigenvalue weighted by Gasteiger charge is -2.38. The van der Waals surface area contributed by atoms with Crippen molar-refractivity contribution in [2.24, 2.45) is 5.92 Å². The van der Waals surface area contributed by atoms with Crippen molar-refractivity contribution in [2.45, 2.75) is 45.9 Å². The fourth-order valence-electron chi connectivity index (χ4n) is 5.63. The molecular formula is C38H42FN3O5. The van der Waals surface area contributed by atoms with Crippen LogP contribution in [0, 0.1) is 18.7 Å². The summed E-state index contributed by atoms with van der Waals surface area (Å²) in [5, 5.41) is 12.9. The fourth-order valence-corrected chi connectivity index (χ4v) is 5.63. The van der Waals surface area contributed by atoms with Gasteiger partial charge in [0.15, 0.2) is 5.75 Å². The van der Waals surface area contributed by atoms with Crippen molar-refractivity contribution in [3.05, 3.63) is 119 Å². The molecule has 47 heavy (non-hydrogen) atoms. The smallest absolute Gasteiger partial charge is 0.258 e. The van der Waals surface area contributed by atoms with Gasteiger partial charge in [0.05, 0.1) is 30.3 Å². The lowest BCUT2D eigenvalue weighted by molar-refractivity contribution is -0.115. The predicted octanol–water partition coefficient (Wildman–Crippen LogP) is 6.46. The molecule has 0 bridgehead atoms. The topological polar surface area (TPSA) is 91.3 Å². The zero-order valence-corrected chi connectivity index (χ0v) is 27.3. The van der Waals surface area contributed by atoms with Gasteiger partial charge in [-0.25, -0.2) is 4.39 Å². The van der Waals surface area contributed by atoms with Gasteiger partial charge in [-0.2, -0.15) is 0 Å². The van der Waals surface area contributed by atoms with E-state index < -0.39 is 6.04 Å². The zero-order chi connectivity index (χ0) is 33.5. The molecule has 2 N–H and O–H groups in total. The zero-order valence-electron chi connectivity index (χ0n) is 27.3.